The predicted molar refractivity (Wildman–Crippen MR) is 180 cm³/mol. The Morgan fingerprint density at radius 1 is 1.04 bits per heavy atom. The molecule has 6 rings (SSSR count). The van der Waals surface area contributed by atoms with E-state index in [4.69, 9.17) is 9.15 Å². The summed E-state index contributed by atoms with van der Waals surface area (Å²) in [6.07, 6.45) is 8.93. The van der Waals surface area contributed by atoms with Crippen molar-refractivity contribution in [1.29, 1.82) is 0 Å². The van der Waals surface area contributed by atoms with E-state index >= 15 is 0 Å². The van der Waals surface area contributed by atoms with Crippen molar-refractivity contribution in [3.8, 4) is 11.6 Å². The molecular weight excluding hydrogens is 629 g/mol. The van der Waals surface area contributed by atoms with E-state index in [0.29, 0.717) is 23.0 Å². The van der Waals surface area contributed by atoms with E-state index in [1.54, 1.807) is 11.8 Å². The van der Waals surface area contributed by atoms with E-state index in [1.807, 2.05) is 27.7 Å². The third-order valence-corrected chi connectivity index (χ3v) is 10.4. The highest BCUT2D eigenvalue weighted by molar-refractivity contribution is 5.97. The minimum absolute atomic E-state index is 0.0325. The summed E-state index contributed by atoms with van der Waals surface area (Å²) in [5, 5.41) is 18.9. The fourth-order valence-electron chi connectivity index (χ4n) is 7.87. The van der Waals surface area contributed by atoms with Crippen LogP contribution in [0.2, 0.25) is 0 Å². The number of ether oxygens (including phenoxy) is 1. The number of piperidine rings is 1. The third-order valence-electron chi connectivity index (χ3n) is 10.4. The van der Waals surface area contributed by atoms with Crippen LogP contribution in [0, 0.1) is 24.1 Å². The first-order valence-corrected chi connectivity index (χ1v) is 17.6. The Labute approximate surface area is 287 Å². The Morgan fingerprint density at radius 3 is 2.45 bits per heavy atom. The molecule has 14 heteroatoms. The van der Waals surface area contributed by atoms with Crippen LogP contribution in [-0.4, -0.2) is 97.8 Å². The van der Waals surface area contributed by atoms with E-state index in [-0.39, 0.29) is 53.0 Å². The Balaban J connectivity index is 1.02. The lowest BCUT2D eigenvalue weighted by Gasteiger charge is -2.46. The number of carbonyl (C=O) groups excluding carboxylic acids is 2. The molecule has 3 fully saturated rings. The van der Waals surface area contributed by atoms with E-state index in [2.05, 4.69) is 40.5 Å². The summed E-state index contributed by atoms with van der Waals surface area (Å²) in [7, 11) is 0. The highest BCUT2D eigenvalue weighted by Crippen LogP contribution is 2.45. The second-order valence-electron chi connectivity index (χ2n) is 14.5. The lowest BCUT2D eigenvalue weighted by molar-refractivity contribution is 0.0506. The summed E-state index contributed by atoms with van der Waals surface area (Å²) in [6.45, 7) is 14.2. The standard InChI is InChI=1S/C35H48FN9O4/c1-22(2)45(23(3)4)34(47)28-18-26(36)6-7-29(28)49-32-30(37-21-38-41-32)44-15-10-25(20-44)19-43-16-13-35(14-17-43)11-8-27(9-12-35)39-31(46)33-42-40-24(5)48-33/h6-7,18,21-23,25,27H,8-17,19-20H2,1-5H3,(H,39,46)/t25-/m0/s1. The van der Waals surface area contributed by atoms with Crippen LogP contribution in [0.5, 0.6) is 11.6 Å². The average molecular weight is 678 g/mol. The molecule has 2 aromatic heterocycles. The zero-order valence-electron chi connectivity index (χ0n) is 29.2. The van der Waals surface area contributed by atoms with Gasteiger partial charge in [-0.1, -0.05) is 0 Å². The number of aromatic nitrogens is 5. The van der Waals surface area contributed by atoms with Crippen molar-refractivity contribution in [1.82, 2.24) is 40.5 Å². The van der Waals surface area contributed by atoms with Crippen molar-refractivity contribution in [3.05, 3.63) is 47.7 Å². The highest BCUT2D eigenvalue weighted by atomic mass is 19.1. The van der Waals surface area contributed by atoms with Crippen molar-refractivity contribution in [2.24, 2.45) is 11.3 Å². The van der Waals surface area contributed by atoms with Crippen molar-refractivity contribution in [2.45, 2.75) is 97.7 Å². The van der Waals surface area contributed by atoms with E-state index in [0.717, 1.165) is 64.8 Å². The molecular formula is C35H48FN9O4. The third kappa shape index (κ3) is 8.00. The van der Waals surface area contributed by atoms with Gasteiger partial charge in [-0.25, -0.2) is 9.37 Å². The van der Waals surface area contributed by atoms with Crippen LogP contribution in [0.1, 0.15) is 99.6 Å². The van der Waals surface area contributed by atoms with Gasteiger partial charge in [-0.2, -0.15) is 0 Å². The van der Waals surface area contributed by atoms with Crippen LogP contribution in [0.4, 0.5) is 10.2 Å². The smallest absolute Gasteiger partial charge is 0.309 e. The first-order chi connectivity index (χ1) is 23.5. The number of benzene rings is 1. The fraction of sp³-hybridized carbons (Fsp3) is 0.629. The molecule has 1 aromatic carbocycles. The maximum atomic E-state index is 14.4. The number of aryl methyl sites for hydroxylation is 1. The maximum absolute atomic E-state index is 14.4. The minimum atomic E-state index is -0.514. The average Bonchev–Trinajstić information content (AvgIpc) is 3.73. The highest BCUT2D eigenvalue weighted by Gasteiger charge is 2.39. The summed E-state index contributed by atoms with van der Waals surface area (Å²) in [4.78, 5) is 37.0. The first-order valence-electron chi connectivity index (χ1n) is 17.6. The fourth-order valence-corrected chi connectivity index (χ4v) is 7.87. The first kappa shape index (κ1) is 34.7. The van der Waals surface area contributed by atoms with Crippen molar-refractivity contribution < 1.29 is 23.1 Å². The number of nitrogens with one attached hydrogen (secondary N) is 1. The molecule has 3 aliphatic rings. The number of amides is 2. The molecule has 1 spiro atoms. The van der Waals surface area contributed by atoms with Crippen LogP contribution in [0.15, 0.2) is 28.9 Å². The lowest BCUT2D eigenvalue weighted by Crippen LogP contribution is -2.46. The van der Waals surface area contributed by atoms with Crippen LogP contribution >= 0.6 is 0 Å². The van der Waals surface area contributed by atoms with Gasteiger partial charge in [-0.3, -0.25) is 9.59 Å². The molecule has 264 valence electrons. The Bertz CT molecular complexity index is 1610. The van der Waals surface area contributed by atoms with Gasteiger partial charge < -0.3 is 29.2 Å². The molecule has 0 unspecified atom stereocenters. The Hall–Kier alpha value is -4.20. The zero-order chi connectivity index (χ0) is 34.7. The lowest BCUT2D eigenvalue weighted by atomic mass is 9.67. The molecule has 1 aliphatic carbocycles. The van der Waals surface area contributed by atoms with Crippen molar-refractivity contribution in [3.63, 3.8) is 0 Å². The summed E-state index contributed by atoms with van der Waals surface area (Å²) in [5.41, 5.74) is 0.486. The number of hydrogen-bond acceptors (Lipinski definition) is 11. The van der Waals surface area contributed by atoms with Crippen LogP contribution in [-0.2, 0) is 0 Å². The predicted octanol–water partition coefficient (Wildman–Crippen LogP) is 5.03. The normalized spacial score (nSPS) is 19.9. The summed E-state index contributed by atoms with van der Waals surface area (Å²) < 4.78 is 25.9. The molecule has 1 atom stereocenters. The summed E-state index contributed by atoms with van der Waals surface area (Å²) >= 11 is 0. The molecule has 13 nitrogen and oxygen atoms in total. The van der Waals surface area contributed by atoms with Gasteiger partial charge in [0.15, 0.2) is 5.82 Å². The number of nitrogens with zero attached hydrogens (tertiary/aromatic N) is 8. The van der Waals surface area contributed by atoms with Gasteiger partial charge in [0, 0.05) is 44.7 Å². The Morgan fingerprint density at radius 2 is 1.78 bits per heavy atom. The maximum Gasteiger partial charge on any atom is 0.309 e. The number of anilines is 1. The molecule has 1 saturated carbocycles. The SMILES string of the molecule is Cc1nnc(C(=O)NC2CCC3(CC2)CCN(C[C@@H]2CCN(c4ncnnc4Oc4ccc(F)cc4C(=O)N(C(C)C)C(C)C)C2)CC3)o1. The van der Waals surface area contributed by atoms with Crippen molar-refractivity contribution >= 4 is 17.6 Å². The van der Waals surface area contributed by atoms with Crippen LogP contribution < -0.4 is 15.0 Å². The molecule has 4 heterocycles. The van der Waals surface area contributed by atoms with Gasteiger partial charge in [0.25, 0.3) is 11.8 Å². The molecule has 0 bridgehead atoms. The number of carbonyl (C=O) groups is 2. The number of hydrogen-bond donors (Lipinski definition) is 1. The van der Waals surface area contributed by atoms with Gasteiger partial charge in [0.1, 0.15) is 17.9 Å². The van der Waals surface area contributed by atoms with E-state index in [9.17, 15) is 14.0 Å². The molecule has 3 aromatic rings. The van der Waals surface area contributed by atoms with Crippen LogP contribution in [0.25, 0.3) is 0 Å². The largest absolute Gasteiger partial charge is 0.434 e. The topological polar surface area (TPSA) is 143 Å². The monoisotopic (exact) mass is 677 g/mol. The molecule has 2 aliphatic heterocycles. The number of likely N-dealkylation sites (tertiary alicyclic amines) is 1. The molecule has 2 saturated heterocycles. The van der Waals surface area contributed by atoms with Gasteiger partial charge in [-0.15, -0.1) is 20.4 Å². The number of halogens is 1. The van der Waals surface area contributed by atoms with Crippen molar-refractivity contribution in [2.75, 3.05) is 37.6 Å². The van der Waals surface area contributed by atoms with Gasteiger partial charge in [0.05, 0.1) is 5.56 Å². The minimum Gasteiger partial charge on any atom is -0.434 e. The van der Waals surface area contributed by atoms with Gasteiger partial charge >= 0.3 is 11.8 Å². The molecule has 1 N–H and O–H groups in total. The molecule has 0 radical (unpaired) electrons. The quantitative estimate of drug-likeness (QED) is 0.309. The van der Waals surface area contributed by atoms with Crippen LogP contribution in [0.3, 0.4) is 0 Å². The second kappa shape index (κ2) is 14.7. The zero-order valence-corrected chi connectivity index (χ0v) is 29.2. The summed E-state index contributed by atoms with van der Waals surface area (Å²) in [5.74, 6) is 0.765. The number of rotatable bonds is 10. The second-order valence-corrected chi connectivity index (χ2v) is 14.5. The summed E-state index contributed by atoms with van der Waals surface area (Å²) in [6, 6.07) is 3.95. The van der Waals surface area contributed by atoms with E-state index < -0.39 is 5.82 Å². The van der Waals surface area contributed by atoms with E-state index in [1.165, 1.54) is 37.4 Å². The Kier molecular flexibility index (Phi) is 10.4. The molecule has 49 heavy (non-hydrogen) atoms. The van der Waals surface area contributed by atoms with Gasteiger partial charge in [0.2, 0.25) is 5.89 Å². The molecule has 2 amide bonds. The van der Waals surface area contributed by atoms with Gasteiger partial charge in [-0.05, 0) is 115 Å².